The van der Waals surface area contributed by atoms with Gasteiger partial charge >= 0.3 is 0 Å². The van der Waals surface area contributed by atoms with Crippen LogP contribution in [0.5, 0.6) is 0 Å². The fourth-order valence-corrected chi connectivity index (χ4v) is 1.78. The Balaban J connectivity index is 1.62. The molecular weight excluding hydrogens is 228 g/mol. The van der Waals surface area contributed by atoms with E-state index in [0.29, 0.717) is 6.54 Å². The summed E-state index contributed by atoms with van der Waals surface area (Å²) >= 11 is 0. The van der Waals surface area contributed by atoms with Crippen molar-refractivity contribution in [2.75, 3.05) is 0 Å². The van der Waals surface area contributed by atoms with E-state index in [1.165, 1.54) is 0 Å². The topological polar surface area (TPSA) is 55.1 Å². The Morgan fingerprint density at radius 1 is 1.39 bits per heavy atom. The first kappa shape index (κ1) is 11.0. The highest BCUT2D eigenvalue weighted by molar-refractivity contribution is 5.80. The van der Waals surface area contributed by atoms with Gasteiger partial charge in [0.15, 0.2) is 5.76 Å². The second-order valence-corrected chi connectivity index (χ2v) is 4.52. The van der Waals surface area contributed by atoms with Crippen molar-refractivity contribution in [1.29, 1.82) is 0 Å². The summed E-state index contributed by atoms with van der Waals surface area (Å²) in [5.74, 6) is 1.16. The standard InChI is InChI=1S/C14H14N2O2/c17-14(11-4-5-11)16-9-10-3-6-12(15-8-10)13-2-1-7-18-13/h1-3,6-8,11H,4-5,9H2,(H,16,17). The van der Waals surface area contributed by atoms with Gasteiger partial charge in [0.2, 0.25) is 5.91 Å². The van der Waals surface area contributed by atoms with Crippen LogP contribution in [0.1, 0.15) is 18.4 Å². The van der Waals surface area contributed by atoms with Crippen molar-refractivity contribution in [3.63, 3.8) is 0 Å². The van der Waals surface area contributed by atoms with Crippen LogP contribution in [0.25, 0.3) is 11.5 Å². The third kappa shape index (κ3) is 2.42. The third-order valence-electron chi connectivity index (χ3n) is 3.01. The number of nitrogens with one attached hydrogen (secondary N) is 1. The zero-order valence-corrected chi connectivity index (χ0v) is 9.93. The lowest BCUT2D eigenvalue weighted by Crippen LogP contribution is -2.24. The van der Waals surface area contributed by atoms with Gasteiger partial charge in [-0.15, -0.1) is 0 Å². The van der Waals surface area contributed by atoms with Gasteiger partial charge in [0, 0.05) is 18.7 Å². The van der Waals surface area contributed by atoms with E-state index in [1.807, 2.05) is 24.3 Å². The summed E-state index contributed by atoms with van der Waals surface area (Å²) in [6.07, 6.45) is 5.45. The molecule has 2 heterocycles. The number of rotatable bonds is 4. The highest BCUT2D eigenvalue weighted by Gasteiger charge is 2.29. The number of furan rings is 1. The van der Waals surface area contributed by atoms with Crippen LogP contribution in [0.4, 0.5) is 0 Å². The number of nitrogens with zero attached hydrogens (tertiary/aromatic N) is 1. The van der Waals surface area contributed by atoms with E-state index in [-0.39, 0.29) is 11.8 Å². The summed E-state index contributed by atoms with van der Waals surface area (Å²) in [6, 6.07) is 7.56. The van der Waals surface area contributed by atoms with Gasteiger partial charge in [-0.3, -0.25) is 9.78 Å². The molecule has 0 spiro atoms. The van der Waals surface area contributed by atoms with E-state index in [2.05, 4.69) is 10.3 Å². The minimum absolute atomic E-state index is 0.158. The zero-order valence-electron chi connectivity index (χ0n) is 9.93. The summed E-state index contributed by atoms with van der Waals surface area (Å²) < 4.78 is 5.27. The van der Waals surface area contributed by atoms with Crippen LogP contribution in [-0.4, -0.2) is 10.9 Å². The van der Waals surface area contributed by atoms with Crippen LogP contribution in [0.15, 0.2) is 41.1 Å². The number of amides is 1. The molecule has 1 aliphatic carbocycles. The first-order valence-electron chi connectivity index (χ1n) is 6.09. The SMILES string of the molecule is O=C(NCc1ccc(-c2ccco2)nc1)C1CC1. The number of carbonyl (C=O) groups excluding carboxylic acids is 1. The Kier molecular flexibility index (Phi) is 2.84. The van der Waals surface area contributed by atoms with Crippen LogP contribution in [0, 0.1) is 5.92 Å². The Morgan fingerprint density at radius 2 is 2.28 bits per heavy atom. The van der Waals surface area contributed by atoms with Gasteiger partial charge in [0.25, 0.3) is 0 Å². The summed E-state index contributed by atoms with van der Waals surface area (Å²) in [5, 5.41) is 2.91. The third-order valence-corrected chi connectivity index (χ3v) is 3.01. The van der Waals surface area contributed by atoms with Gasteiger partial charge < -0.3 is 9.73 Å². The van der Waals surface area contributed by atoms with E-state index in [1.54, 1.807) is 12.5 Å². The lowest BCUT2D eigenvalue weighted by atomic mass is 10.2. The smallest absolute Gasteiger partial charge is 0.223 e. The lowest BCUT2D eigenvalue weighted by Gasteiger charge is -2.04. The predicted octanol–water partition coefficient (Wildman–Crippen LogP) is 2.37. The molecule has 3 rings (SSSR count). The summed E-state index contributed by atoms with van der Waals surface area (Å²) in [5.41, 5.74) is 1.80. The van der Waals surface area contributed by atoms with E-state index in [4.69, 9.17) is 4.42 Å². The first-order chi connectivity index (χ1) is 8.83. The van der Waals surface area contributed by atoms with E-state index in [9.17, 15) is 4.79 Å². The van der Waals surface area contributed by atoms with E-state index < -0.39 is 0 Å². The molecule has 1 N–H and O–H groups in total. The Hall–Kier alpha value is -2.10. The van der Waals surface area contributed by atoms with Gasteiger partial charge in [-0.1, -0.05) is 6.07 Å². The fraction of sp³-hybridized carbons (Fsp3) is 0.286. The van der Waals surface area contributed by atoms with Crippen LogP contribution in [0.3, 0.4) is 0 Å². The quantitative estimate of drug-likeness (QED) is 0.895. The molecule has 1 saturated carbocycles. The lowest BCUT2D eigenvalue weighted by molar-refractivity contribution is -0.122. The molecule has 1 fully saturated rings. The van der Waals surface area contributed by atoms with Gasteiger partial charge in [0.1, 0.15) is 5.69 Å². The van der Waals surface area contributed by atoms with Gasteiger partial charge in [-0.05, 0) is 36.6 Å². The maximum atomic E-state index is 11.5. The van der Waals surface area contributed by atoms with Crippen LogP contribution in [0.2, 0.25) is 0 Å². The predicted molar refractivity (Wildman–Crippen MR) is 66.5 cm³/mol. The molecule has 0 aliphatic heterocycles. The number of hydrogen-bond acceptors (Lipinski definition) is 3. The van der Waals surface area contributed by atoms with Crippen LogP contribution >= 0.6 is 0 Å². The Bertz CT molecular complexity index is 527. The minimum Gasteiger partial charge on any atom is -0.463 e. The molecule has 18 heavy (non-hydrogen) atoms. The summed E-state index contributed by atoms with van der Waals surface area (Å²) in [6.45, 7) is 0.542. The van der Waals surface area contributed by atoms with Crippen molar-refractivity contribution in [3.05, 3.63) is 42.3 Å². The molecule has 92 valence electrons. The summed E-state index contributed by atoms with van der Waals surface area (Å²) in [7, 11) is 0. The second kappa shape index (κ2) is 4.64. The van der Waals surface area contributed by atoms with Crippen molar-refractivity contribution >= 4 is 5.91 Å². The fourth-order valence-electron chi connectivity index (χ4n) is 1.78. The molecule has 4 heteroatoms. The maximum Gasteiger partial charge on any atom is 0.223 e. The van der Waals surface area contributed by atoms with Gasteiger partial charge in [-0.2, -0.15) is 0 Å². The van der Waals surface area contributed by atoms with Crippen molar-refractivity contribution in [3.8, 4) is 11.5 Å². The number of carbonyl (C=O) groups is 1. The molecule has 1 amide bonds. The molecule has 0 aromatic carbocycles. The summed E-state index contributed by atoms with van der Waals surface area (Å²) in [4.78, 5) is 15.8. The maximum absolute atomic E-state index is 11.5. The molecule has 0 bridgehead atoms. The monoisotopic (exact) mass is 242 g/mol. The van der Waals surface area contributed by atoms with Crippen molar-refractivity contribution < 1.29 is 9.21 Å². The highest BCUT2D eigenvalue weighted by atomic mass is 16.3. The molecule has 0 unspecified atom stereocenters. The average Bonchev–Trinajstić information content (AvgIpc) is 3.12. The van der Waals surface area contributed by atoms with Crippen molar-refractivity contribution in [2.45, 2.75) is 19.4 Å². The molecule has 0 saturated heterocycles. The van der Waals surface area contributed by atoms with Gasteiger partial charge in [0.05, 0.1) is 6.26 Å². The normalized spacial score (nSPS) is 14.4. The second-order valence-electron chi connectivity index (χ2n) is 4.52. The number of hydrogen-bond donors (Lipinski definition) is 1. The zero-order chi connectivity index (χ0) is 12.4. The van der Waals surface area contributed by atoms with Crippen LogP contribution in [-0.2, 0) is 11.3 Å². The largest absolute Gasteiger partial charge is 0.463 e. The number of aromatic nitrogens is 1. The van der Waals surface area contributed by atoms with Crippen molar-refractivity contribution in [1.82, 2.24) is 10.3 Å². The minimum atomic E-state index is 0.158. The molecular formula is C14H14N2O2. The average molecular weight is 242 g/mol. The first-order valence-corrected chi connectivity index (χ1v) is 6.09. The molecule has 2 aromatic heterocycles. The highest BCUT2D eigenvalue weighted by Crippen LogP contribution is 2.28. The molecule has 4 nitrogen and oxygen atoms in total. The molecule has 2 aromatic rings. The molecule has 0 radical (unpaired) electrons. The molecule has 1 aliphatic rings. The van der Waals surface area contributed by atoms with Crippen LogP contribution < -0.4 is 5.32 Å². The Labute approximate surface area is 105 Å². The number of pyridine rings is 1. The Morgan fingerprint density at radius 3 is 2.89 bits per heavy atom. The van der Waals surface area contributed by atoms with Gasteiger partial charge in [-0.25, -0.2) is 0 Å². The molecule has 0 atom stereocenters. The van der Waals surface area contributed by atoms with Crippen molar-refractivity contribution in [2.24, 2.45) is 5.92 Å². The van der Waals surface area contributed by atoms with E-state index >= 15 is 0 Å². The van der Waals surface area contributed by atoms with E-state index in [0.717, 1.165) is 29.9 Å².